The molecule has 0 aromatic rings. The Labute approximate surface area is 127 Å². The molecule has 0 aliphatic carbocycles. The Morgan fingerprint density at radius 3 is 2.14 bits per heavy atom. The summed E-state index contributed by atoms with van der Waals surface area (Å²) in [5.41, 5.74) is 0. The maximum absolute atomic E-state index is 11.8. The molecule has 0 bridgehead atoms. The molecule has 2 aliphatic heterocycles. The van der Waals surface area contributed by atoms with E-state index in [0.29, 0.717) is 38.5 Å². The molecule has 0 spiro atoms. The average molecular weight is 296 g/mol. The highest BCUT2D eigenvalue weighted by atomic mass is 16.5. The predicted octanol–water partition coefficient (Wildman–Crippen LogP) is 1.81. The van der Waals surface area contributed by atoms with Crippen molar-refractivity contribution >= 4 is 11.8 Å². The number of amides is 2. The molecule has 5 nitrogen and oxygen atoms in total. The van der Waals surface area contributed by atoms with Crippen LogP contribution in [0, 0.1) is 0 Å². The van der Waals surface area contributed by atoms with Crippen molar-refractivity contribution < 1.29 is 14.3 Å². The minimum Gasteiger partial charge on any atom is -0.380 e. The summed E-state index contributed by atoms with van der Waals surface area (Å²) in [7, 11) is 0. The van der Waals surface area contributed by atoms with Crippen molar-refractivity contribution in [1.29, 1.82) is 0 Å². The normalized spacial score (nSPS) is 20.8. The van der Waals surface area contributed by atoms with Gasteiger partial charge in [0.2, 0.25) is 11.8 Å². The van der Waals surface area contributed by atoms with Gasteiger partial charge in [0, 0.05) is 45.6 Å². The first-order chi connectivity index (χ1) is 10.3. The van der Waals surface area contributed by atoms with Gasteiger partial charge in [0.05, 0.1) is 6.61 Å². The molecule has 2 amide bonds. The van der Waals surface area contributed by atoms with E-state index in [-0.39, 0.29) is 5.91 Å². The first-order valence-corrected chi connectivity index (χ1v) is 8.40. The number of piperidine rings is 1. The summed E-state index contributed by atoms with van der Waals surface area (Å²) >= 11 is 0. The van der Waals surface area contributed by atoms with Crippen molar-refractivity contribution in [2.75, 3.05) is 39.4 Å². The zero-order chi connectivity index (χ0) is 14.9. The molecule has 0 saturated carbocycles. The largest absolute Gasteiger partial charge is 0.380 e. The highest BCUT2D eigenvalue weighted by Crippen LogP contribution is 2.11. The lowest BCUT2D eigenvalue weighted by Gasteiger charge is -2.26. The lowest BCUT2D eigenvalue weighted by Crippen LogP contribution is -2.37. The van der Waals surface area contributed by atoms with E-state index in [9.17, 15) is 9.59 Å². The van der Waals surface area contributed by atoms with Crippen LogP contribution in [0.1, 0.15) is 51.4 Å². The van der Waals surface area contributed by atoms with E-state index in [0.717, 1.165) is 51.7 Å². The van der Waals surface area contributed by atoms with Crippen LogP contribution in [0.2, 0.25) is 0 Å². The van der Waals surface area contributed by atoms with Gasteiger partial charge in [0.25, 0.3) is 0 Å². The predicted molar refractivity (Wildman–Crippen MR) is 80.9 cm³/mol. The van der Waals surface area contributed by atoms with Crippen LogP contribution in [0.25, 0.3) is 0 Å². The van der Waals surface area contributed by atoms with Crippen LogP contribution in [0.15, 0.2) is 0 Å². The van der Waals surface area contributed by atoms with Crippen LogP contribution in [0.4, 0.5) is 0 Å². The SMILES string of the molecule is O=C1CCCCCN1CCCOCCN1CCCCC1=O. The number of carbonyl (C=O) groups is 2. The van der Waals surface area contributed by atoms with Gasteiger partial charge < -0.3 is 14.5 Å². The van der Waals surface area contributed by atoms with E-state index in [1.165, 1.54) is 6.42 Å². The van der Waals surface area contributed by atoms with E-state index in [4.69, 9.17) is 4.74 Å². The molecule has 2 aliphatic rings. The molecular weight excluding hydrogens is 268 g/mol. The lowest BCUT2D eigenvalue weighted by molar-refractivity contribution is -0.134. The Balaban J connectivity index is 1.51. The summed E-state index contributed by atoms with van der Waals surface area (Å²) < 4.78 is 5.61. The van der Waals surface area contributed by atoms with E-state index in [1.54, 1.807) is 0 Å². The highest BCUT2D eigenvalue weighted by Gasteiger charge is 2.17. The second kappa shape index (κ2) is 9.03. The fourth-order valence-corrected chi connectivity index (χ4v) is 3.01. The average Bonchev–Trinajstić information content (AvgIpc) is 2.69. The molecule has 0 atom stereocenters. The van der Waals surface area contributed by atoms with E-state index >= 15 is 0 Å². The summed E-state index contributed by atoms with van der Waals surface area (Å²) in [6, 6.07) is 0. The van der Waals surface area contributed by atoms with Crippen LogP contribution in [-0.4, -0.2) is 61.0 Å². The van der Waals surface area contributed by atoms with Crippen molar-refractivity contribution in [2.45, 2.75) is 51.4 Å². The standard InChI is InChI=1S/C16H28N2O3/c19-15-7-2-1-4-9-17(15)11-6-13-21-14-12-18-10-5-3-8-16(18)20/h1-14H2. The van der Waals surface area contributed by atoms with Gasteiger partial charge in [-0.15, -0.1) is 0 Å². The smallest absolute Gasteiger partial charge is 0.222 e. The Kier molecular flexibility index (Phi) is 7.00. The second-order valence-corrected chi connectivity index (χ2v) is 6.00. The maximum atomic E-state index is 11.8. The Morgan fingerprint density at radius 1 is 0.762 bits per heavy atom. The van der Waals surface area contributed by atoms with Gasteiger partial charge in [-0.05, 0) is 32.1 Å². The summed E-state index contributed by atoms with van der Waals surface area (Å²) in [6.45, 7) is 4.58. The quantitative estimate of drug-likeness (QED) is 0.673. The summed E-state index contributed by atoms with van der Waals surface area (Å²) in [5, 5.41) is 0. The highest BCUT2D eigenvalue weighted by molar-refractivity contribution is 5.77. The number of carbonyl (C=O) groups excluding carboxylic acids is 2. The van der Waals surface area contributed by atoms with E-state index in [1.807, 2.05) is 9.80 Å². The fourth-order valence-electron chi connectivity index (χ4n) is 3.01. The zero-order valence-electron chi connectivity index (χ0n) is 13.0. The zero-order valence-corrected chi connectivity index (χ0v) is 13.0. The molecule has 0 unspecified atom stereocenters. The molecule has 0 radical (unpaired) electrons. The first kappa shape index (κ1) is 16.3. The van der Waals surface area contributed by atoms with Crippen LogP contribution < -0.4 is 0 Å². The molecule has 0 N–H and O–H groups in total. The minimum absolute atomic E-state index is 0.264. The third-order valence-electron chi connectivity index (χ3n) is 4.32. The summed E-state index contributed by atoms with van der Waals surface area (Å²) in [4.78, 5) is 27.3. The van der Waals surface area contributed by atoms with Gasteiger partial charge in [-0.1, -0.05) is 6.42 Å². The van der Waals surface area contributed by atoms with Crippen molar-refractivity contribution in [3.05, 3.63) is 0 Å². The Bertz CT molecular complexity index is 346. The van der Waals surface area contributed by atoms with Crippen LogP contribution >= 0.6 is 0 Å². The molecular formula is C16H28N2O3. The van der Waals surface area contributed by atoms with Crippen molar-refractivity contribution in [3.8, 4) is 0 Å². The van der Waals surface area contributed by atoms with Crippen LogP contribution in [0.3, 0.4) is 0 Å². The Morgan fingerprint density at radius 2 is 1.38 bits per heavy atom. The molecule has 2 fully saturated rings. The van der Waals surface area contributed by atoms with Gasteiger partial charge in [-0.2, -0.15) is 0 Å². The molecule has 2 saturated heterocycles. The van der Waals surface area contributed by atoms with Crippen molar-refractivity contribution in [2.24, 2.45) is 0 Å². The molecule has 21 heavy (non-hydrogen) atoms. The second-order valence-electron chi connectivity index (χ2n) is 6.00. The van der Waals surface area contributed by atoms with E-state index in [2.05, 4.69) is 0 Å². The molecule has 2 rings (SSSR count). The number of likely N-dealkylation sites (tertiary alicyclic amines) is 2. The molecule has 0 aromatic carbocycles. The minimum atomic E-state index is 0.264. The van der Waals surface area contributed by atoms with E-state index < -0.39 is 0 Å². The number of rotatable bonds is 7. The monoisotopic (exact) mass is 296 g/mol. The number of ether oxygens (including phenoxy) is 1. The topological polar surface area (TPSA) is 49.9 Å². The van der Waals surface area contributed by atoms with Gasteiger partial charge in [0.15, 0.2) is 0 Å². The van der Waals surface area contributed by atoms with Gasteiger partial charge in [-0.3, -0.25) is 9.59 Å². The summed E-state index contributed by atoms with van der Waals surface area (Å²) in [6.07, 6.45) is 7.76. The maximum Gasteiger partial charge on any atom is 0.222 e. The number of hydrogen-bond acceptors (Lipinski definition) is 3. The summed E-state index contributed by atoms with van der Waals surface area (Å²) in [5.74, 6) is 0.562. The van der Waals surface area contributed by atoms with Gasteiger partial charge >= 0.3 is 0 Å². The van der Waals surface area contributed by atoms with Gasteiger partial charge in [0.1, 0.15) is 0 Å². The van der Waals surface area contributed by atoms with Gasteiger partial charge in [-0.25, -0.2) is 0 Å². The number of nitrogens with zero attached hydrogens (tertiary/aromatic N) is 2. The van der Waals surface area contributed by atoms with Crippen LogP contribution in [-0.2, 0) is 14.3 Å². The third-order valence-corrected chi connectivity index (χ3v) is 4.32. The van der Waals surface area contributed by atoms with Crippen molar-refractivity contribution in [1.82, 2.24) is 9.80 Å². The number of hydrogen-bond donors (Lipinski definition) is 0. The molecule has 2 heterocycles. The molecule has 0 aromatic heterocycles. The van der Waals surface area contributed by atoms with Crippen molar-refractivity contribution in [3.63, 3.8) is 0 Å². The Hall–Kier alpha value is -1.10. The molecule has 5 heteroatoms. The fraction of sp³-hybridized carbons (Fsp3) is 0.875. The third kappa shape index (κ3) is 5.65. The molecule has 120 valence electrons. The van der Waals surface area contributed by atoms with Crippen LogP contribution in [0.5, 0.6) is 0 Å². The lowest BCUT2D eigenvalue weighted by atomic mass is 10.1. The first-order valence-electron chi connectivity index (χ1n) is 8.40.